The molecule has 0 aliphatic carbocycles. The Morgan fingerprint density at radius 3 is 2.44 bits per heavy atom. The van der Waals surface area contributed by atoms with Gasteiger partial charge >= 0.3 is 5.97 Å². The fraction of sp³-hybridized carbons (Fsp3) is 0.300. The summed E-state index contributed by atoms with van der Waals surface area (Å²) >= 11 is 0. The molecule has 0 bridgehead atoms. The van der Waals surface area contributed by atoms with Crippen LogP contribution in [0.5, 0.6) is 17.2 Å². The van der Waals surface area contributed by atoms with E-state index in [0.717, 1.165) is 0 Å². The number of hydrogen-bond donors (Lipinski definition) is 4. The monoisotopic (exact) mass is 228 g/mol. The first kappa shape index (κ1) is 12.1. The van der Waals surface area contributed by atoms with Crippen LogP contribution in [-0.2, 0) is 16.0 Å². The van der Waals surface area contributed by atoms with Crippen molar-refractivity contribution in [2.24, 2.45) is 0 Å². The third-order valence-corrected chi connectivity index (χ3v) is 2.18. The molecule has 0 aliphatic rings. The number of carbonyl (C=O) groups is 1. The predicted octanol–water partition coefficient (Wildman–Crippen LogP) is 0.445. The molecule has 0 heterocycles. The third kappa shape index (κ3) is 2.34. The maximum Gasteiger partial charge on any atom is 0.333 e. The second-order valence-corrected chi connectivity index (χ2v) is 3.21. The minimum absolute atomic E-state index is 0.106. The van der Waals surface area contributed by atoms with Gasteiger partial charge in [-0.05, 0) is 6.07 Å². The van der Waals surface area contributed by atoms with Crippen LogP contribution in [0.2, 0.25) is 0 Å². The highest BCUT2D eigenvalue weighted by Crippen LogP contribution is 2.37. The molecule has 0 saturated carbocycles. The molecule has 6 heteroatoms. The van der Waals surface area contributed by atoms with Crippen LogP contribution in [0.25, 0.3) is 0 Å². The van der Waals surface area contributed by atoms with E-state index in [9.17, 15) is 15.0 Å². The van der Waals surface area contributed by atoms with E-state index in [0.29, 0.717) is 0 Å². The minimum Gasteiger partial charge on any atom is -0.504 e. The Balaban J connectivity index is 2.97. The summed E-state index contributed by atoms with van der Waals surface area (Å²) < 4.78 is 4.69. The van der Waals surface area contributed by atoms with E-state index in [1.807, 2.05) is 0 Å². The summed E-state index contributed by atoms with van der Waals surface area (Å²) in [6.07, 6.45) is -1.22. The van der Waals surface area contributed by atoms with Crippen LogP contribution in [0.4, 0.5) is 0 Å². The van der Waals surface area contributed by atoms with Crippen molar-refractivity contribution >= 4 is 5.97 Å². The molecule has 0 aromatic heterocycles. The molecule has 16 heavy (non-hydrogen) atoms. The van der Waals surface area contributed by atoms with E-state index >= 15 is 0 Å². The van der Waals surface area contributed by atoms with Gasteiger partial charge in [0.05, 0.1) is 0 Å². The molecule has 0 radical (unpaired) electrons. The number of hydrogen-bond acceptors (Lipinski definition) is 5. The van der Waals surface area contributed by atoms with Crippen molar-refractivity contribution in [2.45, 2.75) is 12.5 Å². The van der Waals surface area contributed by atoms with Crippen LogP contribution < -0.4 is 0 Å². The highest BCUT2D eigenvalue weighted by Gasteiger charge is 2.20. The summed E-state index contributed by atoms with van der Waals surface area (Å²) in [7, 11) is 1.23. The number of ether oxygens (including phenoxy) is 1. The maximum absolute atomic E-state index is 10.7. The number of benzene rings is 1. The van der Waals surface area contributed by atoms with Crippen LogP contribution in [0.3, 0.4) is 0 Å². The van der Waals surface area contributed by atoms with Gasteiger partial charge in [0, 0.05) is 19.1 Å². The van der Waals surface area contributed by atoms with Crippen molar-refractivity contribution in [1.29, 1.82) is 0 Å². The normalized spacial score (nSPS) is 12.3. The zero-order valence-electron chi connectivity index (χ0n) is 8.54. The summed E-state index contributed by atoms with van der Waals surface area (Å²) in [6, 6.07) is 2.48. The minimum atomic E-state index is -1.17. The van der Waals surface area contributed by atoms with E-state index in [1.54, 1.807) is 0 Å². The zero-order valence-corrected chi connectivity index (χ0v) is 8.54. The van der Waals surface area contributed by atoms with Crippen LogP contribution in [0.1, 0.15) is 5.56 Å². The summed E-state index contributed by atoms with van der Waals surface area (Å²) in [5.74, 6) is -2.85. The topological polar surface area (TPSA) is 107 Å². The molecule has 1 rings (SSSR count). The summed E-state index contributed by atoms with van der Waals surface area (Å²) in [5.41, 5.74) is 0.185. The highest BCUT2D eigenvalue weighted by atomic mass is 16.5. The average molecular weight is 228 g/mol. The van der Waals surface area contributed by atoms with E-state index in [4.69, 9.17) is 10.2 Å². The molecule has 0 saturated heterocycles. The predicted molar refractivity (Wildman–Crippen MR) is 53.6 cm³/mol. The van der Waals surface area contributed by atoms with Gasteiger partial charge in [-0.15, -0.1) is 0 Å². The first-order chi connectivity index (χ1) is 7.47. The summed E-state index contributed by atoms with van der Waals surface area (Å²) in [4.78, 5) is 10.7. The van der Waals surface area contributed by atoms with E-state index < -0.39 is 29.3 Å². The number of carboxylic acids is 1. The van der Waals surface area contributed by atoms with Crippen LogP contribution in [0, 0.1) is 0 Å². The van der Waals surface area contributed by atoms with Crippen molar-refractivity contribution in [3.8, 4) is 17.2 Å². The SMILES string of the molecule is COC(Cc1ccc(O)c(O)c1O)C(=O)O. The first-order valence-corrected chi connectivity index (χ1v) is 4.45. The number of rotatable bonds is 4. The molecule has 6 nitrogen and oxygen atoms in total. The number of aromatic hydroxyl groups is 3. The lowest BCUT2D eigenvalue weighted by atomic mass is 10.1. The van der Waals surface area contributed by atoms with Gasteiger partial charge < -0.3 is 25.2 Å². The highest BCUT2D eigenvalue weighted by molar-refractivity contribution is 5.73. The van der Waals surface area contributed by atoms with Crippen LogP contribution in [-0.4, -0.2) is 39.6 Å². The van der Waals surface area contributed by atoms with Gasteiger partial charge in [0.15, 0.2) is 17.6 Å². The molecule has 88 valence electrons. The molecule has 0 spiro atoms. The fourth-order valence-electron chi connectivity index (χ4n) is 1.25. The molecule has 1 unspecified atom stereocenters. The Morgan fingerprint density at radius 1 is 1.31 bits per heavy atom. The number of carboxylic acid groups (broad SMARTS) is 1. The number of phenols is 3. The van der Waals surface area contributed by atoms with E-state index in [-0.39, 0.29) is 12.0 Å². The lowest BCUT2D eigenvalue weighted by Crippen LogP contribution is -2.24. The Kier molecular flexibility index (Phi) is 3.57. The number of phenolic OH excluding ortho intramolecular Hbond substituents is 3. The van der Waals surface area contributed by atoms with Gasteiger partial charge in [0.25, 0.3) is 0 Å². The second-order valence-electron chi connectivity index (χ2n) is 3.21. The second kappa shape index (κ2) is 4.71. The van der Waals surface area contributed by atoms with E-state index in [1.165, 1.54) is 19.2 Å². The zero-order chi connectivity index (χ0) is 12.3. The lowest BCUT2D eigenvalue weighted by molar-refractivity contribution is -0.148. The van der Waals surface area contributed by atoms with Gasteiger partial charge in [-0.1, -0.05) is 6.07 Å². The van der Waals surface area contributed by atoms with Gasteiger partial charge in [-0.3, -0.25) is 0 Å². The molecule has 0 aliphatic heterocycles. The molecular weight excluding hydrogens is 216 g/mol. The lowest BCUT2D eigenvalue weighted by Gasteiger charge is -2.12. The largest absolute Gasteiger partial charge is 0.504 e. The molecule has 4 N–H and O–H groups in total. The van der Waals surface area contributed by atoms with Crippen LogP contribution in [0.15, 0.2) is 12.1 Å². The molecule has 0 amide bonds. The Hall–Kier alpha value is -1.95. The molecular formula is C10H12O6. The van der Waals surface area contributed by atoms with Crippen molar-refractivity contribution < 1.29 is 30.0 Å². The van der Waals surface area contributed by atoms with Crippen LogP contribution >= 0.6 is 0 Å². The fourth-order valence-corrected chi connectivity index (χ4v) is 1.25. The van der Waals surface area contributed by atoms with E-state index in [2.05, 4.69) is 4.74 Å². The van der Waals surface area contributed by atoms with Gasteiger partial charge in [0.1, 0.15) is 0 Å². The number of methoxy groups -OCH3 is 1. The van der Waals surface area contributed by atoms with Crippen molar-refractivity contribution in [3.63, 3.8) is 0 Å². The smallest absolute Gasteiger partial charge is 0.333 e. The average Bonchev–Trinajstić information content (AvgIpc) is 2.25. The maximum atomic E-state index is 10.7. The van der Waals surface area contributed by atoms with Gasteiger partial charge in [-0.2, -0.15) is 0 Å². The van der Waals surface area contributed by atoms with Gasteiger partial charge in [0.2, 0.25) is 5.75 Å². The quantitative estimate of drug-likeness (QED) is 0.557. The molecule has 1 aromatic carbocycles. The summed E-state index contributed by atoms with van der Waals surface area (Å²) in [6.45, 7) is 0. The standard InChI is InChI=1S/C10H12O6/c1-16-7(10(14)15)4-5-2-3-6(11)9(13)8(5)12/h2-3,7,11-13H,4H2,1H3,(H,14,15). The Labute approximate surface area is 91.3 Å². The Morgan fingerprint density at radius 2 is 1.94 bits per heavy atom. The van der Waals surface area contributed by atoms with Crippen molar-refractivity contribution in [1.82, 2.24) is 0 Å². The molecule has 1 atom stereocenters. The summed E-state index contributed by atoms with van der Waals surface area (Å²) in [5, 5.41) is 36.5. The van der Waals surface area contributed by atoms with Gasteiger partial charge in [-0.25, -0.2) is 4.79 Å². The number of aliphatic carboxylic acids is 1. The molecule has 1 aromatic rings. The Bertz CT molecular complexity index is 401. The van der Waals surface area contributed by atoms with Crippen molar-refractivity contribution in [2.75, 3.05) is 7.11 Å². The van der Waals surface area contributed by atoms with Crippen molar-refractivity contribution in [3.05, 3.63) is 17.7 Å². The first-order valence-electron chi connectivity index (χ1n) is 4.45. The molecule has 0 fully saturated rings. The third-order valence-electron chi connectivity index (χ3n) is 2.18.